The van der Waals surface area contributed by atoms with Crippen molar-refractivity contribution in [3.63, 3.8) is 0 Å². The molecule has 4 heteroatoms. The van der Waals surface area contributed by atoms with E-state index >= 15 is 0 Å². The molecular formula is C12H18N2OS. The van der Waals surface area contributed by atoms with Gasteiger partial charge in [-0.1, -0.05) is 43.7 Å². The van der Waals surface area contributed by atoms with Crippen molar-refractivity contribution in [2.75, 3.05) is 5.75 Å². The average molecular weight is 238 g/mol. The van der Waals surface area contributed by atoms with Crippen LogP contribution in [0.4, 0.5) is 0 Å². The van der Waals surface area contributed by atoms with Crippen LogP contribution < -0.4 is 11.3 Å². The van der Waals surface area contributed by atoms with Gasteiger partial charge in [0.15, 0.2) is 0 Å². The maximum Gasteiger partial charge on any atom is 0.251 e. The van der Waals surface area contributed by atoms with Gasteiger partial charge in [0, 0.05) is 0 Å². The summed E-state index contributed by atoms with van der Waals surface area (Å²) in [7, 11) is 0. The zero-order valence-electron chi connectivity index (χ0n) is 9.48. The number of carbonyl (C=O) groups excluding carboxylic acids is 1. The minimum atomic E-state index is -0.197. The zero-order chi connectivity index (χ0) is 11.8. The van der Waals surface area contributed by atoms with Crippen molar-refractivity contribution in [2.24, 2.45) is 5.84 Å². The first-order valence-corrected chi connectivity index (χ1v) is 6.51. The van der Waals surface area contributed by atoms with Crippen molar-refractivity contribution in [1.29, 1.82) is 0 Å². The molecule has 0 fully saturated rings. The summed E-state index contributed by atoms with van der Waals surface area (Å²) in [6.45, 7) is 2.14. The van der Waals surface area contributed by atoms with Crippen LogP contribution in [-0.2, 0) is 4.79 Å². The molecule has 0 aliphatic carbocycles. The summed E-state index contributed by atoms with van der Waals surface area (Å²) >= 11 is 1.64. The third-order valence-electron chi connectivity index (χ3n) is 2.27. The van der Waals surface area contributed by atoms with E-state index in [4.69, 9.17) is 5.84 Å². The minimum absolute atomic E-state index is 0.132. The number of thioether (sulfide) groups is 1. The molecule has 0 aliphatic rings. The van der Waals surface area contributed by atoms with E-state index in [0.29, 0.717) is 0 Å². The molecule has 1 rings (SSSR count). The molecule has 0 heterocycles. The van der Waals surface area contributed by atoms with E-state index in [1.165, 1.54) is 0 Å². The fraction of sp³-hybridized carbons (Fsp3) is 0.417. The first-order valence-electron chi connectivity index (χ1n) is 5.46. The maximum atomic E-state index is 11.6. The Morgan fingerprint density at radius 1 is 1.44 bits per heavy atom. The van der Waals surface area contributed by atoms with Crippen LogP contribution in [0.5, 0.6) is 0 Å². The number of nitrogens with two attached hydrogens (primary N) is 1. The smallest absolute Gasteiger partial charge is 0.251 e. The first kappa shape index (κ1) is 13.1. The summed E-state index contributed by atoms with van der Waals surface area (Å²) < 4.78 is 0. The number of hydrazine groups is 1. The van der Waals surface area contributed by atoms with E-state index in [1.807, 2.05) is 30.3 Å². The average Bonchev–Trinajstić information content (AvgIpc) is 2.35. The summed E-state index contributed by atoms with van der Waals surface area (Å²) in [4.78, 5) is 11.6. The molecule has 1 unspecified atom stereocenters. The molecule has 1 aromatic rings. The highest BCUT2D eigenvalue weighted by atomic mass is 32.2. The number of hydrogen-bond acceptors (Lipinski definition) is 3. The lowest BCUT2D eigenvalue weighted by Gasteiger charge is -2.14. The van der Waals surface area contributed by atoms with Crippen LogP contribution in [0, 0.1) is 0 Å². The Morgan fingerprint density at radius 2 is 2.12 bits per heavy atom. The van der Waals surface area contributed by atoms with Gasteiger partial charge in [-0.05, 0) is 17.7 Å². The Balaban J connectivity index is 2.68. The quantitative estimate of drug-likeness (QED) is 0.346. The predicted molar refractivity (Wildman–Crippen MR) is 68.9 cm³/mol. The molecule has 88 valence electrons. The van der Waals surface area contributed by atoms with Gasteiger partial charge in [-0.25, -0.2) is 5.84 Å². The Kier molecular flexibility index (Phi) is 5.96. The van der Waals surface area contributed by atoms with Gasteiger partial charge in [-0.2, -0.15) is 0 Å². The third-order valence-corrected chi connectivity index (χ3v) is 3.61. The largest absolute Gasteiger partial charge is 0.293 e. The van der Waals surface area contributed by atoms with Crippen molar-refractivity contribution >= 4 is 17.7 Å². The molecule has 0 saturated heterocycles. The van der Waals surface area contributed by atoms with Gasteiger partial charge in [0.05, 0.1) is 0 Å². The van der Waals surface area contributed by atoms with Crippen molar-refractivity contribution in [2.45, 2.75) is 25.0 Å². The molecule has 16 heavy (non-hydrogen) atoms. The normalized spacial score (nSPS) is 12.1. The van der Waals surface area contributed by atoms with E-state index in [2.05, 4.69) is 12.3 Å². The Labute approximate surface area is 101 Å². The molecule has 0 aliphatic heterocycles. The lowest BCUT2D eigenvalue weighted by atomic mass is 10.1. The fourth-order valence-electron chi connectivity index (χ4n) is 1.37. The molecule has 1 amide bonds. The van der Waals surface area contributed by atoms with E-state index < -0.39 is 0 Å². The van der Waals surface area contributed by atoms with Crippen LogP contribution in [0.3, 0.4) is 0 Å². The van der Waals surface area contributed by atoms with Crippen LogP contribution in [-0.4, -0.2) is 11.7 Å². The zero-order valence-corrected chi connectivity index (χ0v) is 10.3. The summed E-state index contributed by atoms with van der Waals surface area (Å²) in [5.41, 5.74) is 3.24. The van der Waals surface area contributed by atoms with E-state index in [9.17, 15) is 4.79 Å². The molecule has 3 nitrogen and oxygen atoms in total. The summed E-state index contributed by atoms with van der Waals surface area (Å²) in [5.74, 6) is 6.05. The fourth-order valence-corrected chi connectivity index (χ4v) is 2.63. The van der Waals surface area contributed by atoms with E-state index in [0.717, 1.165) is 24.2 Å². The molecule has 1 atom stereocenters. The number of carbonyl (C=O) groups is 1. The molecule has 0 spiro atoms. The monoisotopic (exact) mass is 238 g/mol. The van der Waals surface area contributed by atoms with Crippen molar-refractivity contribution < 1.29 is 4.79 Å². The van der Waals surface area contributed by atoms with Crippen LogP contribution in [0.1, 0.15) is 30.6 Å². The Morgan fingerprint density at radius 3 is 2.69 bits per heavy atom. The highest BCUT2D eigenvalue weighted by Gasteiger charge is 2.19. The Bertz CT molecular complexity index is 316. The molecular weight excluding hydrogens is 220 g/mol. The standard InChI is InChI=1S/C12H18N2OS/c1-2-3-9-16-11(12(15)14-13)10-7-5-4-6-8-10/h4-8,11H,2-3,9,13H2,1H3,(H,14,15). The van der Waals surface area contributed by atoms with Crippen LogP contribution >= 0.6 is 11.8 Å². The lowest BCUT2D eigenvalue weighted by molar-refractivity contribution is -0.120. The molecule has 0 radical (unpaired) electrons. The number of nitrogens with one attached hydrogen (secondary N) is 1. The second-order valence-corrected chi connectivity index (χ2v) is 4.74. The van der Waals surface area contributed by atoms with E-state index in [1.54, 1.807) is 11.8 Å². The van der Waals surface area contributed by atoms with Crippen LogP contribution in [0.15, 0.2) is 30.3 Å². The third kappa shape index (κ3) is 3.87. The first-order chi connectivity index (χ1) is 7.79. The Hall–Kier alpha value is -1.00. The molecule has 3 N–H and O–H groups in total. The molecule has 0 aromatic heterocycles. The highest BCUT2D eigenvalue weighted by Crippen LogP contribution is 2.29. The number of amides is 1. The van der Waals surface area contributed by atoms with Crippen LogP contribution in [0.2, 0.25) is 0 Å². The molecule has 0 saturated carbocycles. The van der Waals surface area contributed by atoms with Crippen molar-refractivity contribution in [1.82, 2.24) is 5.43 Å². The lowest BCUT2D eigenvalue weighted by Crippen LogP contribution is -2.33. The van der Waals surface area contributed by atoms with Gasteiger partial charge >= 0.3 is 0 Å². The van der Waals surface area contributed by atoms with Gasteiger partial charge in [0.25, 0.3) is 5.91 Å². The van der Waals surface area contributed by atoms with Gasteiger partial charge in [-0.3, -0.25) is 10.2 Å². The second kappa shape index (κ2) is 7.30. The van der Waals surface area contributed by atoms with Crippen molar-refractivity contribution in [3.8, 4) is 0 Å². The summed E-state index contributed by atoms with van der Waals surface area (Å²) in [6.07, 6.45) is 2.25. The number of hydrogen-bond donors (Lipinski definition) is 2. The minimum Gasteiger partial charge on any atom is -0.293 e. The van der Waals surface area contributed by atoms with E-state index in [-0.39, 0.29) is 11.2 Å². The van der Waals surface area contributed by atoms with Gasteiger partial charge < -0.3 is 0 Å². The second-order valence-electron chi connectivity index (χ2n) is 3.52. The van der Waals surface area contributed by atoms with Gasteiger partial charge in [0.1, 0.15) is 5.25 Å². The number of benzene rings is 1. The highest BCUT2D eigenvalue weighted by molar-refractivity contribution is 8.00. The number of unbranched alkanes of at least 4 members (excludes halogenated alkanes) is 1. The predicted octanol–water partition coefficient (Wildman–Crippen LogP) is 2.25. The molecule has 0 bridgehead atoms. The van der Waals surface area contributed by atoms with Crippen molar-refractivity contribution in [3.05, 3.63) is 35.9 Å². The summed E-state index contributed by atoms with van der Waals surface area (Å²) in [6, 6.07) is 9.73. The SMILES string of the molecule is CCCCSC(C(=O)NN)c1ccccc1. The van der Waals surface area contributed by atoms with Crippen LogP contribution in [0.25, 0.3) is 0 Å². The van der Waals surface area contributed by atoms with Gasteiger partial charge in [0.2, 0.25) is 0 Å². The topological polar surface area (TPSA) is 55.1 Å². The molecule has 1 aromatic carbocycles. The number of rotatable bonds is 6. The summed E-state index contributed by atoms with van der Waals surface area (Å²) in [5, 5.41) is -0.197. The van der Waals surface area contributed by atoms with Gasteiger partial charge in [-0.15, -0.1) is 11.8 Å². The maximum absolute atomic E-state index is 11.6.